The zero-order chi connectivity index (χ0) is 15.3. The zero-order valence-corrected chi connectivity index (χ0v) is 11.6. The highest BCUT2D eigenvalue weighted by atomic mass is 35.5. The van der Waals surface area contributed by atoms with Crippen molar-refractivity contribution in [2.75, 3.05) is 19.0 Å². The average molecular weight is 308 g/mol. The molecule has 0 unspecified atom stereocenters. The number of hydrogen-bond acceptors (Lipinski definition) is 3. The summed E-state index contributed by atoms with van der Waals surface area (Å²) in [5.74, 6) is -0.529. The summed E-state index contributed by atoms with van der Waals surface area (Å²) >= 11 is 5.57. The second-order valence-electron chi connectivity index (χ2n) is 3.95. The van der Waals surface area contributed by atoms with Crippen LogP contribution >= 0.6 is 11.6 Å². The molecule has 20 heavy (non-hydrogen) atoms. The molecule has 0 bridgehead atoms. The molecular weight excluding hydrogens is 295 g/mol. The number of alkyl halides is 3. The van der Waals surface area contributed by atoms with E-state index >= 15 is 0 Å². The quantitative estimate of drug-likeness (QED) is 0.677. The number of nitrogens with one attached hydrogen (secondary N) is 1. The number of anilines is 1. The van der Waals surface area contributed by atoms with Crippen LogP contribution in [0.3, 0.4) is 0 Å². The molecule has 0 saturated heterocycles. The predicted octanol–water partition coefficient (Wildman–Crippen LogP) is 3.89. The summed E-state index contributed by atoms with van der Waals surface area (Å²) in [6, 6.07) is 3.45. The largest absolute Gasteiger partial charge is 0.466 e. The SMILES string of the molecule is COC(=O)/C(C)=C/CNc1ccc(Cl)cc1C(F)(F)F. The lowest BCUT2D eigenvalue weighted by atomic mass is 10.1. The Morgan fingerprint density at radius 2 is 2.10 bits per heavy atom. The van der Waals surface area contributed by atoms with E-state index in [0.717, 1.165) is 6.07 Å². The molecule has 1 aromatic carbocycles. The maximum absolute atomic E-state index is 12.8. The molecule has 0 amide bonds. The van der Waals surface area contributed by atoms with E-state index in [2.05, 4.69) is 10.1 Å². The van der Waals surface area contributed by atoms with Gasteiger partial charge in [0.1, 0.15) is 0 Å². The molecule has 0 spiro atoms. The van der Waals surface area contributed by atoms with Gasteiger partial charge in [0.2, 0.25) is 0 Å². The van der Waals surface area contributed by atoms with Crippen LogP contribution in [0, 0.1) is 0 Å². The number of esters is 1. The van der Waals surface area contributed by atoms with Gasteiger partial charge in [-0.05, 0) is 25.1 Å². The van der Waals surface area contributed by atoms with Crippen LogP contribution in [0.25, 0.3) is 0 Å². The Morgan fingerprint density at radius 3 is 2.65 bits per heavy atom. The first kappa shape index (κ1) is 16.4. The van der Waals surface area contributed by atoms with E-state index in [1.807, 2.05) is 0 Å². The van der Waals surface area contributed by atoms with Crippen LogP contribution in [0.15, 0.2) is 29.8 Å². The third kappa shape index (κ3) is 4.45. The van der Waals surface area contributed by atoms with Gasteiger partial charge in [0.25, 0.3) is 0 Å². The molecule has 7 heteroatoms. The maximum atomic E-state index is 12.8. The zero-order valence-electron chi connectivity index (χ0n) is 10.8. The van der Waals surface area contributed by atoms with Crippen LogP contribution in [0.5, 0.6) is 0 Å². The molecule has 0 radical (unpaired) electrons. The first-order valence-electron chi connectivity index (χ1n) is 5.61. The minimum atomic E-state index is -4.51. The second-order valence-corrected chi connectivity index (χ2v) is 4.38. The standard InChI is InChI=1S/C13H13ClF3NO2/c1-8(12(19)20-2)5-6-18-11-4-3-9(14)7-10(11)13(15,16)17/h3-5,7,18H,6H2,1-2H3/b8-5+. The Balaban J connectivity index is 2.86. The fourth-order valence-corrected chi connectivity index (χ4v) is 1.64. The Kier molecular flexibility index (Phi) is 5.44. The number of methoxy groups -OCH3 is 1. The third-order valence-electron chi connectivity index (χ3n) is 2.50. The van der Waals surface area contributed by atoms with Gasteiger partial charge in [-0.25, -0.2) is 4.79 Å². The van der Waals surface area contributed by atoms with Crippen molar-refractivity contribution >= 4 is 23.3 Å². The number of rotatable bonds is 4. The van der Waals surface area contributed by atoms with Crippen LogP contribution in [0.1, 0.15) is 12.5 Å². The van der Waals surface area contributed by atoms with Crippen molar-refractivity contribution in [2.24, 2.45) is 0 Å². The molecule has 1 aromatic rings. The molecule has 0 aliphatic carbocycles. The monoisotopic (exact) mass is 307 g/mol. The molecule has 1 rings (SSSR count). The first-order chi connectivity index (χ1) is 9.25. The molecule has 1 N–H and O–H groups in total. The topological polar surface area (TPSA) is 38.3 Å². The molecular formula is C13H13ClF3NO2. The second kappa shape index (κ2) is 6.65. The van der Waals surface area contributed by atoms with Gasteiger partial charge in [-0.1, -0.05) is 17.7 Å². The van der Waals surface area contributed by atoms with Crippen molar-refractivity contribution in [3.8, 4) is 0 Å². The lowest BCUT2D eigenvalue weighted by Gasteiger charge is -2.14. The Hall–Kier alpha value is -1.69. The van der Waals surface area contributed by atoms with E-state index in [4.69, 9.17) is 11.6 Å². The number of halogens is 4. The van der Waals surface area contributed by atoms with Gasteiger partial charge in [-0.15, -0.1) is 0 Å². The van der Waals surface area contributed by atoms with E-state index in [1.165, 1.54) is 32.2 Å². The Morgan fingerprint density at radius 1 is 1.45 bits per heavy atom. The van der Waals surface area contributed by atoms with E-state index in [0.29, 0.717) is 5.57 Å². The van der Waals surface area contributed by atoms with Crippen LogP contribution in [0.2, 0.25) is 5.02 Å². The van der Waals surface area contributed by atoms with E-state index in [1.54, 1.807) is 0 Å². The molecule has 110 valence electrons. The van der Waals surface area contributed by atoms with E-state index < -0.39 is 17.7 Å². The summed E-state index contributed by atoms with van der Waals surface area (Å²) in [7, 11) is 1.23. The van der Waals surface area contributed by atoms with E-state index in [9.17, 15) is 18.0 Å². The third-order valence-corrected chi connectivity index (χ3v) is 2.73. The number of benzene rings is 1. The molecule has 0 fully saturated rings. The predicted molar refractivity (Wildman–Crippen MR) is 70.7 cm³/mol. The van der Waals surface area contributed by atoms with Crippen molar-refractivity contribution < 1.29 is 22.7 Å². The molecule has 3 nitrogen and oxygen atoms in total. The number of hydrogen-bond donors (Lipinski definition) is 1. The molecule has 0 atom stereocenters. The van der Waals surface area contributed by atoms with Gasteiger partial charge >= 0.3 is 12.1 Å². The highest BCUT2D eigenvalue weighted by Crippen LogP contribution is 2.36. The lowest BCUT2D eigenvalue weighted by Crippen LogP contribution is -2.11. The van der Waals surface area contributed by atoms with Gasteiger partial charge in [0.15, 0.2) is 0 Å². The van der Waals surface area contributed by atoms with Crippen LogP contribution in [-0.4, -0.2) is 19.6 Å². The smallest absolute Gasteiger partial charge is 0.418 e. The van der Waals surface area contributed by atoms with Gasteiger partial charge < -0.3 is 10.1 Å². The van der Waals surface area contributed by atoms with Crippen molar-refractivity contribution in [1.82, 2.24) is 0 Å². The fraction of sp³-hybridized carbons (Fsp3) is 0.308. The molecule has 0 aliphatic rings. The summed E-state index contributed by atoms with van der Waals surface area (Å²) in [6.07, 6.45) is -3.06. The van der Waals surface area contributed by atoms with Gasteiger partial charge in [-0.3, -0.25) is 0 Å². The average Bonchev–Trinajstić information content (AvgIpc) is 2.38. The fourth-order valence-electron chi connectivity index (χ4n) is 1.46. The number of carbonyl (C=O) groups is 1. The van der Waals surface area contributed by atoms with Crippen LogP contribution in [0.4, 0.5) is 18.9 Å². The van der Waals surface area contributed by atoms with Crippen molar-refractivity contribution in [1.29, 1.82) is 0 Å². The number of ether oxygens (including phenoxy) is 1. The van der Waals surface area contributed by atoms with Crippen LogP contribution < -0.4 is 5.32 Å². The van der Waals surface area contributed by atoms with Crippen LogP contribution in [-0.2, 0) is 15.7 Å². The molecule has 0 aliphatic heterocycles. The minimum absolute atomic E-state index is 0.00385. The maximum Gasteiger partial charge on any atom is 0.418 e. The van der Waals surface area contributed by atoms with Crippen molar-refractivity contribution in [2.45, 2.75) is 13.1 Å². The van der Waals surface area contributed by atoms with Crippen molar-refractivity contribution in [3.05, 3.63) is 40.4 Å². The normalized spacial score (nSPS) is 12.2. The lowest BCUT2D eigenvalue weighted by molar-refractivity contribution is -0.137. The van der Waals surface area contributed by atoms with Gasteiger partial charge in [-0.2, -0.15) is 13.2 Å². The first-order valence-corrected chi connectivity index (χ1v) is 5.99. The highest BCUT2D eigenvalue weighted by Gasteiger charge is 2.33. The van der Waals surface area contributed by atoms with Crippen molar-refractivity contribution in [3.63, 3.8) is 0 Å². The van der Waals surface area contributed by atoms with E-state index in [-0.39, 0.29) is 17.3 Å². The van der Waals surface area contributed by atoms with Gasteiger partial charge in [0.05, 0.1) is 12.7 Å². The summed E-state index contributed by atoms with van der Waals surface area (Å²) in [4.78, 5) is 11.1. The summed E-state index contributed by atoms with van der Waals surface area (Å²) in [6.45, 7) is 1.58. The highest BCUT2D eigenvalue weighted by molar-refractivity contribution is 6.30. The Labute approximate surface area is 119 Å². The summed E-state index contributed by atoms with van der Waals surface area (Å²) < 4.78 is 42.9. The Bertz CT molecular complexity index is 527. The molecule has 0 saturated carbocycles. The summed E-state index contributed by atoms with van der Waals surface area (Å²) in [5, 5.41) is 2.60. The molecule has 0 heterocycles. The molecule has 0 aromatic heterocycles. The minimum Gasteiger partial charge on any atom is -0.466 e. The van der Waals surface area contributed by atoms with Gasteiger partial charge in [0, 0.05) is 22.8 Å². The summed E-state index contributed by atoms with van der Waals surface area (Å²) in [5.41, 5.74) is -0.646. The number of carbonyl (C=O) groups excluding carboxylic acids is 1.